The number of nitrogens with zero attached hydrogens (tertiary/aromatic N) is 3. The van der Waals surface area contributed by atoms with Gasteiger partial charge in [0.1, 0.15) is 0 Å². The zero-order valence-electron chi connectivity index (χ0n) is 12.5. The van der Waals surface area contributed by atoms with Crippen molar-refractivity contribution in [1.29, 1.82) is 0 Å². The quantitative estimate of drug-likeness (QED) is 0.875. The first-order valence-electron chi connectivity index (χ1n) is 7.22. The van der Waals surface area contributed by atoms with E-state index < -0.39 is 5.97 Å². The molecule has 21 heavy (non-hydrogen) atoms. The number of piperidine rings is 1. The van der Waals surface area contributed by atoms with Crippen LogP contribution in [0.1, 0.15) is 36.9 Å². The van der Waals surface area contributed by atoms with Crippen molar-refractivity contribution in [3.05, 3.63) is 17.5 Å². The maximum atomic E-state index is 12.3. The number of urea groups is 1. The molecule has 1 atom stereocenters. The molecule has 0 radical (unpaired) electrons. The fourth-order valence-electron chi connectivity index (χ4n) is 2.78. The molecule has 0 spiro atoms. The number of carboxylic acids is 1. The van der Waals surface area contributed by atoms with Gasteiger partial charge in [0.05, 0.1) is 12.1 Å². The van der Waals surface area contributed by atoms with Crippen LogP contribution in [-0.4, -0.2) is 44.4 Å². The molecule has 1 aliphatic heterocycles. The van der Waals surface area contributed by atoms with E-state index in [1.807, 2.05) is 20.2 Å². The first-order valence-corrected chi connectivity index (χ1v) is 7.22. The van der Waals surface area contributed by atoms with Gasteiger partial charge in [-0.15, -0.1) is 0 Å². The molecule has 2 amide bonds. The molecule has 1 aromatic rings. The highest BCUT2D eigenvalue weighted by Gasteiger charge is 2.28. The molecule has 2 N–H and O–H groups in total. The van der Waals surface area contributed by atoms with Gasteiger partial charge in [-0.2, -0.15) is 5.10 Å². The number of carbonyl (C=O) groups excluding carboxylic acids is 1. The van der Waals surface area contributed by atoms with Gasteiger partial charge in [-0.25, -0.2) is 4.79 Å². The van der Waals surface area contributed by atoms with E-state index in [-0.39, 0.29) is 18.5 Å². The van der Waals surface area contributed by atoms with Gasteiger partial charge in [0.2, 0.25) is 0 Å². The maximum absolute atomic E-state index is 12.3. The lowest BCUT2D eigenvalue weighted by Crippen LogP contribution is -2.49. The molecular formula is C14H22N4O3. The number of amides is 2. The molecule has 7 nitrogen and oxygen atoms in total. The maximum Gasteiger partial charge on any atom is 0.317 e. The summed E-state index contributed by atoms with van der Waals surface area (Å²) in [5.74, 6) is -0.859. The Morgan fingerprint density at radius 2 is 2.24 bits per heavy atom. The summed E-state index contributed by atoms with van der Waals surface area (Å²) < 4.78 is 1.71. The zero-order valence-corrected chi connectivity index (χ0v) is 12.5. The van der Waals surface area contributed by atoms with E-state index in [1.54, 1.807) is 9.58 Å². The smallest absolute Gasteiger partial charge is 0.317 e. The molecule has 1 fully saturated rings. The topological polar surface area (TPSA) is 87.5 Å². The van der Waals surface area contributed by atoms with Crippen LogP contribution in [0, 0.1) is 6.92 Å². The summed E-state index contributed by atoms with van der Waals surface area (Å²) in [6, 6.07) is -0.393. The van der Waals surface area contributed by atoms with Crippen LogP contribution in [-0.2, 0) is 18.4 Å². The molecule has 7 heteroatoms. The monoisotopic (exact) mass is 294 g/mol. The van der Waals surface area contributed by atoms with Crippen molar-refractivity contribution in [2.24, 2.45) is 7.05 Å². The van der Waals surface area contributed by atoms with Crippen LogP contribution in [0.25, 0.3) is 0 Å². The van der Waals surface area contributed by atoms with Gasteiger partial charge in [-0.3, -0.25) is 9.48 Å². The average Bonchev–Trinajstić information content (AvgIpc) is 2.74. The van der Waals surface area contributed by atoms with Gasteiger partial charge in [-0.1, -0.05) is 0 Å². The molecule has 1 aliphatic rings. The van der Waals surface area contributed by atoms with Crippen LogP contribution in [0.5, 0.6) is 0 Å². The Bertz CT molecular complexity index is 526. The molecular weight excluding hydrogens is 272 g/mol. The lowest BCUT2D eigenvalue weighted by Gasteiger charge is -2.34. The van der Waals surface area contributed by atoms with Gasteiger partial charge < -0.3 is 15.3 Å². The van der Waals surface area contributed by atoms with Crippen molar-refractivity contribution in [1.82, 2.24) is 20.0 Å². The highest BCUT2D eigenvalue weighted by molar-refractivity contribution is 5.76. The van der Waals surface area contributed by atoms with E-state index in [2.05, 4.69) is 10.4 Å². The lowest BCUT2D eigenvalue weighted by atomic mass is 10.00. The second-order valence-electron chi connectivity index (χ2n) is 5.51. The number of rotatable bonds is 4. The molecule has 1 saturated heterocycles. The highest BCUT2D eigenvalue weighted by Crippen LogP contribution is 2.20. The summed E-state index contributed by atoms with van der Waals surface area (Å²) in [7, 11) is 1.84. The first kappa shape index (κ1) is 15.3. The van der Waals surface area contributed by atoms with Crippen LogP contribution in [0.15, 0.2) is 6.20 Å². The fraction of sp³-hybridized carbons (Fsp3) is 0.643. The number of aliphatic carboxylic acids is 1. The summed E-state index contributed by atoms with van der Waals surface area (Å²) in [4.78, 5) is 24.8. The van der Waals surface area contributed by atoms with Gasteiger partial charge in [0.15, 0.2) is 0 Å². The summed E-state index contributed by atoms with van der Waals surface area (Å²) in [5.41, 5.74) is 1.86. The number of aromatic nitrogens is 2. The number of hydrogen-bond acceptors (Lipinski definition) is 3. The van der Waals surface area contributed by atoms with Crippen molar-refractivity contribution in [2.45, 2.75) is 45.2 Å². The predicted molar refractivity (Wildman–Crippen MR) is 76.8 cm³/mol. The second-order valence-corrected chi connectivity index (χ2v) is 5.51. The molecule has 1 aromatic heterocycles. The average molecular weight is 294 g/mol. The Labute approximate surface area is 123 Å². The van der Waals surface area contributed by atoms with Crippen LogP contribution in [0.2, 0.25) is 0 Å². The van der Waals surface area contributed by atoms with E-state index in [0.29, 0.717) is 13.1 Å². The largest absolute Gasteiger partial charge is 0.481 e. The van der Waals surface area contributed by atoms with E-state index in [9.17, 15) is 9.59 Å². The third-order valence-electron chi connectivity index (χ3n) is 3.84. The molecule has 0 aromatic carbocycles. The van der Waals surface area contributed by atoms with Crippen LogP contribution in [0.4, 0.5) is 4.79 Å². The highest BCUT2D eigenvalue weighted by atomic mass is 16.4. The van der Waals surface area contributed by atoms with Gasteiger partial charge in [0.25, 0.3) is 0 Å². The van der Waals surface area contributed by atoms with Crippen molar-refractivity contribution < 1.29 is 14.7 Å². The molecule has 2 rings (SSSR count). The lowest BCUT2D eigenvalue weighted by molar-refractivity contribution is -0.138. The van der Waals surface area contributed by atoms with E-state index >= 15 is 0 Å². The molecule has 0 bridgehead atoms. The van der Waals surface area contributed by atoms with Crippen molar-refractivity contribution >= 4 is 12.0 Å². The summed E-state index contributed by atoms with van der Waals surface area (Å²) in [6.45, 7) is 2.93. The predicted octanol–water partition coefficient (Wildman–Crippen LogP) is 1.27. The number of hydrogen-bond donors (Lipinski definition) is 2. The molecule has 1 unspecified atom stereocenters. The van der Waals surface area contributed by atoms with E-state index in [4.69, 9.17) is 5.11 Å². The normalized spacial score (nSPS) is 18.6. The first-order chi connectivity index (χ1) is 9.97. The minimum atomic E-state index is -0.859. The van der Waals surface area contributed by atoms with Crippen LogP contribution in [0.3, 0.4) is 0 Å². The summed E-state index contributed by atoms with van der Waals surface area (Å²) in [5, 5.41) is 16.0. The minimum Gasteiger partial charge on any atom is -0.481 e. The Morgan fingerprint density at radius 3 is 2.86 bits per heavy atom. The number of aryl methyl sites for hydroxylation is 2. The molecule has 116 valence electrons. The van der Waals surface area contributed by atoms with Crippen LogP contribution >= 0.6 is 0 Å². The standard InChI is InChI=1S/C14H22N4O3/c1-10-11(9-17(2)16-10)8-15-14(21)18-6-4-3-5-12(18)7-13(19)20/h9,12H,3-8H2,1-2H3,(H,15,21)(H,19,20). The molecule has 0 aliphatic carbocycles. The zero-order chi connectivity index (χ0) is 15.4. The second kappa shape index (κ2) is 6.60. The van der Waals surface area contributed by atoms with Gasteiger partial charge in [0, 0.05) is 37.9 Å². The minimum absolute atomic E-state index is 0.0132. The third kappa shape index (κ3) is 3.96. The summed E-state index contributed by atoms with van der Waals surface area (Å²) >= 11 is 0. The fourth-order valence-corrected chi connectivity index (χ4v) is 2.78. The number of likely N-dealkylation sites (tertiary alicyclic amines) is 1. The SMILES string of the molecule is Cc1nn(C)cc1CNC(=O)N1CCCCC1CC(=O)O. The van der Waals surface area contributed by atoms with E-state index in [1.165, 1.54) is 0 Å². The Morgan fingerprint density at radius 1 is 1.48 bits per heavy atom. The van der Waals surface area contributed by atoms with Gasteiger partial charge >= 0.3 is 12.0 Å². The Kier molecular flexibility index (Phi) is 4.82. The van der Waals surface area contributed by atoms with Crippen molar-refractivity contribution in [2.75, 3.05) is 6.54 Å². The number of nitrogens with one attached hydrogen (secondary N) is 1. The van der Waals surface area contributed by atoms with Crippen molar-refractivity contribution in [3.63, 3.8) is 0 Å². The Balaban J connectivity index is 1.94. The molecule has 2 heterocycles. The van der Waals surface area contributed by atoms with Gasteiger partial charge in [-0.05, 0) is 26.2 Å². The van der Waals surface area contributed by atoms with E-state index in [0.717, 1.165) is 30.5 Å². The third-order valence-corrected chi connectivity index (χ3v) is 3.84. The number of carbonyl (C=O) groups is 2. The van der Waals surface area contributed by atoms with Crippen molar-refractivity contribution in [3.8, 4) is 0 Å². The van der Waals surface area contributed by atoms with Crippen LogP contribution < -0.4 is 5.32 Å². The Hall–Kier alpha value is -2.05. The number of carboxylic acid groups (broad SMARTS) is 1. The summed E-state index contributed by atoms with van der Waals surface area (Å²) in [6.07, 6.45) is 4.55. The molecule has 0 saturated carbocycles.